The molecule has 0 unspecified atom stereocenters. The Morgan fingerprint density at radius 1 is 1.30 bits per heavy atom. The van der Waals surface area contributed by atoms with Gasteiger partial charge in [0.25, 0.3) is 5.69 Å². The molecule has 7 nitrogen and oxygen atoms in total. The standard InChI is InChI=1S/C13H19N3O4/c1-14(2)8-5-9-15(3)12-10(13(17)18)6-4-7-11(12)16(19)20/h4,6-7H,5,8-9H2,1-3H3,(H,17,18). The number of para-hydroxylation sites is 1. The first-order chi connectivity index (χ1) is 9.34. The average molecular weight is 281 g/mol. The lowest BCUT2D eigenvalue weighted by Crippen LogP contribution is -2.25. The maximum absolute atomic E-state index is 11.2. The number of rotatable bonds is 7. The fourth-order valence-corrected chi connectivity index (χ4v) is 1.99. The first-order valence-corrected chi connectivity index (χ1v) is 6.21. The predicted octanol–water partition coefficient (Wildman–Crippen LogP) is 1.68. The Morgan fingerprint density at radius 2 is 1.95 bits per heavy atom. The normalized spacial score (nSPS) is 10.6. The molecule has 0 aromatic heterocycles. The Kier molecular flexibility index (Phi) is 5.45. The molecule has 0 spiro atoms. The lowest BCUT2D eigenvalue weighted by molar-refractivity contribution is -0.384. The van der Waals surface area contributed by atoms with Crippen LogP contribution in [0, 0.1) is 10.1 Å². The van der Waals surface area contributed by atoms with Crippen LogP contribution in [0.15, 0.2) is 18.2 Å². The number of anilines is 1. The van der Waals surface area contributed by atoms with Crippen molar-refractivity contribution in [3.63, 3.8) is 0 Å². The van der Waals surface area contributed by atoms with Gasteiger partial charge in [-0.3, -0.25) is 10.1 Å². The number of hydrogen-bond donors (Lipinski definition) is 1. The Bertz CT molecular complexity index is 470. The van der Waals surface area contributed by atoms with Gasteiger partial charge >= 0.3 is 5.97 Å². The molecule has 0 radical (unpaired) electrons. The highest BCUT2D eigenvalue weighted by atomic mass is 16.6. The SMILES string of the molecule is CN(C)CCCN(C)c1c(C(=O)O)cccc1[N+](=O)[O-]. The lowest BCUT2D eigenvalue weighted by atomic mass is 10.1. The third-order valence-electron chi connectivity index (χ3n) is 2.92. The smallest absolute Gasteiger partial charge is 0.338 e. The average Bonchev–Trinajstić information content (AvgIpc) is 2.36. The van der Waals surface area contributed by atoms with Crippen molar-refractivity contribution in [2.75, 3.05) is 39.1 Å². The van der Waals surface area contributed by atoms with E-state index in [1.54, 1.807) is 11.9 Å². The molecule has 0 heterocycles. The minimum Gasteiger partial charge on any atom is -0.478 e. The summed E-state index contributed by atoms with van der Waals surface area (Å²) in [6, 6.07) is 4.09. The van der Waals surface area contributed by atoms with Crippen LogP contribution >= 0.6 is 0 Å². The summed E-state index contributed by atoms with van der Waals surface area (Å²) in [6.45, 7) is 1.37. The lowest BCUT2D eigenvalue weighted by Gasteiger charge is -2.21. The van der Waals surface area contributed by atoms with Crippen LogP contribution in [-0.4, -0.2) is 55.1 Å². The van der Waals surface area contributed by atoms with Crippen LogP contribution < -0.4 is 4.90 Å². The van der Waals surface area contributed by atoms with Gasteiger partial charge in [0, 0.05) is 19.7 Å². The van der Waals surface area contributed by atoms with E-state index < -0.39 is 10.9 Å². The number of hydrogen-bond acceptors (Lipinski definition) is 5. The van der Waals surface area contributed by atoms with Gasteiger partial charge in [0.1, 0.15) is 5.69 Å². The van der Waals surface area contributed by atoms with Gasteiger partial charge < -0.3 is 14.9 Å². The van der Waals surface area contributed by atoms with Crippen LogP contribution in [0.2, 0.25) is 0 Å². The first-order valence-electron chi connectivity index (χ1n) is 6.21. The van der Waals surface area contributed by atoms with Crippen LogP contribution in [0.4, 0.5) is 11.4 Å². The molecule has 110 valence electrons. The van der Waals surface area contributed by atoms with Gasteiger partial charge in [-0.2, -0.15) is 0 Å². The molecule has 1 rings (SSSR count). The van der Waals surface area contributed by atoms with E-state index in [0.717, 1.165) is 13.0 Å². The molecule has 0 fully saturated rings. The molecule has 0 aliphatic heterocycles. The van der Waals surface area contributed by atoms with Gasteiger partial charge in [-0.1, -0.05) is 6.07 Å². The summed E-state index contributed by atoms with van der Waals surface area (Å²) in [7, 11) is 5.55. The number of nitrogens with zero attached hydrogens (tertiary/aromatic N) is 3. The summed E-state index contributed by atoms with van der Waals surface area (Å²) in [4.78, 5) is 25.4. The number of carboxylic acids is 1. The van der Waals surface area contributed by atoms with E-state index in [4.69, 9.17) is 0 Å². The second-order valence-electron chi connectivity index (χ2n) is 4.81. The minimum atomic E-state index is -1.16. The van der Waals surface area contributed by atoms with Crippen molar-refractivity contribution in [2.45, 2.75) is 6.42 Å². The summed E-state index contributed by atoms with van der Waals surface area (Å²) in [5.41, 5.74) is -0.0763. The molecule has 0 amide bonds. The zero-order valence-electron chi connectivity index (χ0n) is 11.9. The molecule has 1 N–H and O–H groups in total. The quantitative estimate of drug-likeness (QED) is 0.604. The Balaban J connectivity index is 3.06. The minimum absolute atomic E-state index is 0.0495. The fraction of sp³-hybridized carbons (Fsp3) is 0.462. The number of aromatic carboxylic acids is 1. The molecule has 1 aromatic rings. The summed E-state index contributed by atoms with van der Waals surface area (Å²) >= 11 is 0. The van der Waals surface area contributed by atoms with E-state index in [-0.39, 0.29) is 16.9 Å². The molecule has 0 bridgehead atoms. The van der Waals surface area contributed by atoms with Crippen molar-refractivity contribution in [3.8, 4) is 0 Å². The van der Waals surface area contributed by atoms with Crippen molar-refractivity contribution in [2.24, 2.45) is 0 Å². The topological polar surface area (TPSA) is 86.9 Å². The zero-order valence-corrected chi connectivity index (χ0v) is 11.9. The molecule has 7 heteroatoms. The van der Waals surface area contributed by atoms with Gasteiger partial charge in [0.15, 0.2) is 0 Å². The fourth-order valence-electron chi connectivity index (χ4n) is 1.99. The second-order valence-corrected chi connectivity index (χ2v) is 4.81. The third-order valence-corrected chi connectivity index (χ3v) is 2.92. The Hall–Kier alpha value is -2.15. The highest BCUT2D eigenvalue weighted by Crippen LogP contribution is 2.31. The highest BCUT2D eigenvalue weighted by molar-refractivity contribution is 5.97. The van der Waals surface area contributed by atoms with Crippen molar-refractivity contribution < 1.29 is 14.8 Å². The van der Waals surface area contributed by atoms with Crippen molar-refractivity contribution >= 4 is 17.3 Å². The van der Waals surface area contributed by atoms with Gasteiger partial charge in [0.05, 0.1) is 10.5 Å². The zero-order chi connectivity index (χ0) is 15.3. The van der Waals surface area contributed by atoms with Gasteiger partial charge in [-0.15, -0.1) is 0 Å². The number of nitro groups is 1. The number of carboxylic acid groups (broad SMARTS) is 1. The van der Waals surface area contributed by atoms with Gasteiger partial charge in [-0.25, -0.2) is 4.79 Å². The van der Waals surface area contributed by atoms with Crippen LogP contribution in [0.1, 0.15) is 16.8 Å². The Morgan fingerprint density at radius 3 is 2.45 bits per heavy atom. The van der Waals surface area contributed by atoms with E-state index in [1.165, 1.54) is 18.2 Å². The van der Waals surface area contributed by atoms with Gasteiger partial charge in [-0.05, 0) is 33.1 Å². The van der Waals surface area contributed by atoms with E-state index in [0.29, 0.717) is 6.54 Å². The largest absolute Gasteiger partial charge is 0.478 e. The van der Waals surface area contributed by atoms with Crippen LogP contribution in [0.5, 0.6) is 0 Å². The molecular formula is C13H19N3O4. The molecule has 0 saturated carbocycles. The Labute approximate surface area is 117 Å². The summed E-state index contributed by atoms with van der Waals surface area (Å²) in [6.07, 6.45) is 0.786. The molecule has 0 aliphatic carbocycles. The van der Waals surface area contributed by atoms with Crippen molar-refractivity contribution in [1.29, 1.82) is 0 Å². The summed E-state index contributed by atoms with van der Waals surface area (Å²) < 4.78 is 0. The maximum atomic E-state index is 11.2. The monoisotopic (exact) mass is 281 g/mol. The summed E-state index contributed by atoms with van der Waals surface area (Å²) in [5, 5.41) is 20.2. The van der Waals surface area contributed by atoms with Crippen LogP contribution in [0.25, 0.3) is 0 Å². The highest BCUT2D eigenvalue weighted by Gasteiger charge is 2.24. The second kappa shape index (κ2) is 6.85. The molecule has 0 aliphatic rings. The number of benzene rings is 1. The van der Waals surface area contributed by atoms with Gasteiger partial charge in [0.2, 0.25) is 0 Å². The van der Waals surface area contributed by atoms with E-state index in [1.807, 2.05) is 19.0 Å². The molecular weight excluding hydrogens is 262 g/mol. The van der Waals surface area contributed by atoms with E-state index in [9.17, 15) is 20.0 Å². The van der Waals surface area contributed by atoms with Crippen molar-refractivity contribution in [3.05, 3.63) is 33.9 Å². The van der Waals surface area contributed by atoms with Crippen molar-refractivity contribution in [1.82, 2.24) is 4.90 Å². The molecule has 20 heavy (non-hydrogen) atoms. The van der Waals surface area contributed by atoms with E-state index >= 15 is 0 Å². The molecule has 1 aromatic carbocycles. The molecule has 0 saturated heterocycles. The summed E-state index contributed by atoms with van der Waals surface area (Å²) in [5.74, 6) is -1.16. The third kappa shape index (κ3) is 3.92. The van der Waals surface area contributed by atoms with Crippen LogP contribution in [-0.2, 0) is 0 Å². The maximum Gasteiger partial charge on any atom is 0.338 e. The van der Waals surface area contributed by atoms with E-state index in [2.05, 4.69) is 0 Å². The number of nitro benzene ring substituents is 1. The predicted molar refractivity (Wildman–Crippen MR) is 76.5 cm³/mol. The molecule has 0 atom stereocenters. The number of carbonyl (C=O) groups is 1. The van der Waals surface area contributed by atoms with Crippen LogP contribution in [0.3, 0.4) is 0 Å². The first kappa shape index (κ1) is 15.9.